The normalized spacial score (nSPS) is 27.6. The first-order valence-corrected chi connectivity index (χ1v) is 9.88. The third-order valence-corrected chi connectivity index (χ3v) is 5.81. The van der Waals surface area contributed by atoms with Crippen LogP contribution in [0.25, 0.3) is 0 Å². The lowest BCUT2D eigenvalue weighted by Gasteiger charge is -2.47. The van der Waals surface area contributed by atoms with E-state index >= 15 is 0 Å². The number of carbonyl (C=O) groups is 1. The maximum Gasteiger partial charge on any atom is 0.427 e. The Morgan fingerprint density at radius 3 is 2.61 bits per heavy atom. The molecule has 3 rings (SSSR count). The van der Waals surface area contributed by atoms with Crippen LogP contribution >= 0.6 is 0 Å². The SMILES string of the molecule is O=C(OC(CO)C(F)(F)F)N1CCC2(CC1)CN(CC1CCCOC1)CCO2. The molecule has 3 heterocycles. The Bertz CT molecular complexity index is 520. The molecule has 1 amide bonds. The summed E-state index contributed by atoms with van der Waals surface area (Å²) in [5.74, 6) is 0.525. The van der Waals surface area contributed by atoms with Gasteiger partial charge in [0.2, 0.25) is 6.10 Å². The molecule has 0 aliphatic carbocycles. The van der Waals surface area contributed by atoms with E-state index in [0.29, 0.717) is 25.4 Å². The van der Waals surface area contributed by atoms with Crippen LogP contribution in [0, 0.1) is 5.92 Å². The molecule has 1 N–H and O–H groups in total. The molecular weight excluding hydrogens is 381 g/mol. The van der Waals surface area contributed by atoms with Gasteiger partial charge in [0.15, 0.2) is 0 Å². The number of ether oxygens (including phenoxy) is 3. The van der Waals surface area contributed by atoms with Crippen LogP contribution in [0.4, 0.5) is 18.0 Å². The molecule has 2 atom stereocenters. The summed E-state index contributed by atoms with van der Waals surface area (Å²) in [6.07, 6.45) is -4.96. The monoisotopic (exact) mass is 410 g/mol. The van der Waals surface area contributed by atoms with Crippen molar-refractivity contribution >= 4 is 6.09 Å². The van der Waals surface area contributed by atoms with Gasteiger partial charge >= 0.3 is 12.3 Å². The number of morpholine rings is 1. The number of likely N-dealkylation sites (tertiary alicyclic amines) is 1. The van der Waals surface area contributed by atoms with Crippen molar-refractivity contribution in [3.63, 3.8) is 0 Å². The number of aliphatic hydroxyl groups is 1. The van der Waals surface area contributed by atoms with Crippen LogP contribution in [0.15, 0.2) is 0 Å². The average Bonchev–Trinajstić information content (AvgIpc) is 2.66. The van der Waals surface area contributed by atoms with Crippen LogP contribution in [-0.2, 0) is 14.2 Å². The minimum atomic E-state index is -4.78. The molecule has 28 heavy (non-hydrogen) atoms. The fourth-order valence-corrected chi connectivity index (χ4v) is 4.20. The zero-order valence-electron chi connectivity index (χ0n) is 16.0. The molecule has 0 radical (unpaired) electrons. The highest BCUT2D eigenvalue weighted by Crippen LogP contribution is 2.32. The quantitative estimate of drug-likeness (QED) is 0.760. The number of piperidine rings is 1. The zero-order chi connectivity index (χ0) is 20.2. The number of alkyl halides is 3. The smallest absolute Gasteiger partial charge is 0.427 e. The number of carbonyl (C=O) groups excluding carboxylic acids is 1. The molecule has 0 aromatic rings. The molecule has 0 aromatic heterocycles. The third kappa shape index (κ3) is 5.49. The molecule has 1 spiro atoms. The molecule has 3 aliphatic heterocycles. The topological polar surface area (TPSA) is 71.5 Å². The van der Waals surface area contributed by atoms with Crippen molar-refractivity contribution in [2.24, 2.45) is 5.92 Å². The van der Waals surface area contributed by atoms with Crippen molar-refractivity contribution in [1.29, 1.82) is 0 Å². The van der Waals surface area contributed by atoms with Gasteiger partial charge in [0, 0.05) is 39.3 Å². The van der Waals surface area contributed by atoms with Crippen LogP contribution in [0.1, 0.15) is 25.7 Å². The first kappa shape index (κ1) is 21.6. The number of nitrogens with zero attached hydrogens (tertiary/aromatic N) is 2. The molecule has 10 heteroatoms. The molecule has 162 valence electrons. The molecule has 7 nitrogen and oxygen atoms in total. The van der Waals surface area contributed by atoms with E-state index < -0.39 is 25.0 Å². The summed E-state index contributed by atoms with van der Waals surface area (Å²) in [6.45, 7) is 4.07. The van der Waals surface area contributed by atoms with Gasteiger partial charge in [-0.1, -0.05) is 0 Å². The number of amides is 1. The summed E-state index contributed by atoms with van der Waals surface area (Å²) >= 11 is 0. The van der Waals surface area contributed by atoms with Gasteiger partial charge in [-0.3, -0.25) is 4.90 Å². The second kappa shape index (κ2) is 9.15. The molecule has 3 saturated heterocycles. The Kier molecular flexibility index (Phi) is 7.06. The molecule has 0 bridgehead atoms. The number of hydrogen-bond acceptors (Lipinski definition) is 6. The highest BCUT2D eigenvalue weighted by Gasteiger charge is 2.45. The first-order valence-electron chi connectivity index (χ1n) is 9.88. The molecular formula is C18H29F3N2O5. The first-order chi connectivity index (χ1) is 13.3. The van der Waals surface area contributed by atoms with Gasteiger partial charge in [-0.05, 0) is 31.6 Å². The number of aliphatic hydroxyl groups excluding tert-OH is 1. The lowest BCUT2D eigenvalue weighted by Crippen LogP contribution is -2.58. The highest BCUT2D eigenvalue weighted by molar-refractivity contribution is 5.68. The Morgan fingerprint density at radius 2 is 2.00 bits per heavy atom. The second-order valence-corrected chi connectivity index (χ2v) is 7.93. The van der Waals surface area contributed by atoms with Crippen molar-refractivity contribution in [3.8, 4) is 0 Å². The summed E-state index contributed by atoms with van der Waals surface area (Å²) in [6, 6.07) is 0. The molecule has 2 unspecified atom stereocenters. The van der Waals surface area contributed by atoms with Gasteiger partial charge in [-0.25, -0.2) is 4.79 Å². The Hall–Kier alpha value is -1.10. The predicted molar refractivity (Wildman–Crippen MR) is 92.9 cm³/mol. The van der Waals surface area contributed by atoms with E-state index in [1.54, 1.807) is 0 Å². The zero-order valence-corrected chi connectivity index (χ0v) is 16.0. The standard InChI is InChI=1S/C18H29F3N2O5/c19-18(20,21)15(11-24)28-16(25)23-5-3-17(4-6-23)13-22(7-9-27-17)10-14-2-1-8-26-12-14/h14-15,24H,1-13H2. The Labute approximate surface area is 162 Å². The highest BCUT2D eigenvalue weighted by atomic mass is 19.4. The fourth-order valence-electron chi connectivity index (χ4n) is 4.20. The summed E-state index contributed by atoms with van der Waals surface area (Å²) in [5, 5.41) is 8.82. The largest absolute Gasteiger partial charge is 0.434 e. The van der Waals surface area contributed by atoms with Gasteiger partial charge in [0.25, 0.3) is 0 Å². The molecule has 0 aromatic carbocycles. The maximum absolute atomic E-state index is 12.7. The van der Waals surface area contributed by atoms with Gasteiger partial charge in [-0.2, -0.15) is 13.2 Å². The number of rotatable bonds is 4. The van der Waals surface area contributed by atoms with Crippen LogP contribution in [0.2, 0.25) is 0 Å². The summed E-state index contributed by atoms with van der Waals surface area (Å²) in [7, 11) is 0. The van der Waals surface area contributed by atoms with Gasteiger partial charge in [0.1, 0.15) is 0 Å². The van der Waals surface area contributed by atoms with E-state index in [4.69, 9.17) is 14.6 Å². The van der Waals surface area contributed by atoms with Crippen molar-refractivity contribution in [2.75, 3.05) is 59.2 Å². The van der Waals surface area contributed by atoms with E-state index in [1.165, 1.54) is 4.90 Å². The van der Waals surface area contributed by atoms with Gasteiger partial charge in [-0.15, -0.1) is 0 Å². The van der Waals surface area contributed by atoms with Crippen molar-refractivity contribution in [3.05, 3.63) is 0 Å². The summed E-state index contributed by atoms with van der Waals surface area (Å²) in [4.78, 5) is 15.7. The van der Waals surface area contributed by atoms with E-state index in [0.717, 1.165) is 45.7 Å². The Morgan fingerprint density at radius 1 is 1.25 bits per heavy atom. The van der Waals surface area contributed by atoms with Crippen molar-refractivity contribution in [2.45, 2.75) is 43.6 Å². The van der Waals surface area contributed by atoms with E-state index in [1.807, 2.05) is 0 Å². The third-order valence-electron chi connectivity index (χ3n) is 5.81. The van der Waals surface area contributed by atoms with Crippen LogP contribution in [-0.4, -0.2) is 98.0 Å². The Balaban J connectivity index is 1.48. The lowest BCUT2D eigenvalue weighted by molar-refractivity contribution is -0.215. The van der Waals surface area contributed by atoms with Gasteiger partial charge < -0.3 is 24.2 Å². The van der Waals surface area contributed by atoms with Crippen LogP contribution < -0.4 is 0 Å². The van der Waals surface area contributed by atoms with Gasteiger partial charge in [0.05, 0.1) is 25.4 Å². The minimum Gasteiger partial charge on any atom is -0.434 e. The predicted octanol–water partition coefficient (Wildman–Crippen LogP) is 1.64. The molecule has 3 fully saturated rings. The lowest BCUT2D eigenvalue weighted by atomic mass is 9.89. The van der Waals surface area contributed by atoms with E-state index in [2.05, 4.69) is 9.64 Å². The maximum atomic E-state index is 12.7. The molecule has 0 saturated carbocycles. The van der Waals surface area contributed by atoms with Crippen LogP contribution in [0.5, 0.6) is 0 Å². The summed E-state index contributed by atoms with van der Waals surface area (Å²) in [5.41, 5.74) is -0.370. The number of halogens is 3. The fraction of sp³-hybridized carbons (Fsp3) is 0.944. The van der Waals surface area contributed by atoms with Crippen LogP contribution in [0.3, 0.4) is 0 Å². The summed E-state index contributed by atoms with van der Waals surface area (Å²) < 4.78 is 54.1. The van der Waals surface area contributed by atoms with E-state index in [-0.39, 0.29) is 18.7 Å². The van der Waals surface area contributed by atoms with Crippen molar-refractivity contribution < 1.29 is 37.3 Å². The number of hydrogen-bond donors (Lipinski definition) is 1. The van der Waals surface area contributed by atoms with Crippen molar-refractivity contribution in [1.82, 2.24) is 9.80 Å². The molecule has 3 aliphatic rings. The average molecular weight is 410 g/mol. The minimum absolute atomic E-state index is 0.273. The second-order valence-electron chi connectivity index (χ2n) is 7.93. The van der Waals surface area contributed by atoms with E-state index in [9.17, 15) is 18.0 Å².